The van der Waals surface area contributed by atoms with Gasteiger partial charge >= 0.3 is 0 Å². The second kappa shape index (κ2) is 9.98. The number of carbonyl (C=O) groups is 1. The number of aromatic nitrogens is 1. The number of amides is 1. The van der Waals surface area contributed by atoms with Gasteiger partial charge in [-0.25, -0.2) is 8.42 Å². The van der Waals surface area contributed by atoms with E-state index in [4.69, 9.17) is 0 Å². The van der Waals surface area contributed by atoms with E-state index in [1.807, 2.05) is 6.07 Å². The van der Waals surface area contributed by atoms with Crippen molar-refractivity contribution in [3.8, 4) is 0 Å². The van der Waals surface area contributed by atoms with Crippen molar-refractivity contribution in [2.75, 3.05) is 5.75 Å². The Morgan fingerprint density at radius 3 is 2.56 bits per heavy atom. The van der Waals surface area contributed by atoms with Crippen LogP contribution in [0.25, 0.3) is 0 Å². The molecule has 4 rings (SSSR count). The fraction of sp³-hybridized carbons (Fsp3) is 0.385. The highest BCUT2D eigenvalue weighted by Crippen LogP contribution is 2.44. The zero-order valence-corrected chi connectivity index (χ0v) is 21.7. The van der Waals surface area contributed by atoms with Crippen LogP contribution in [-0.4, -0.2) is 30.0 Å². The van der Waals surface area contributed by atoms with Crippen LogP contribution in [0, 0.1) is 12.8 Å². The van der Waals surface area contributed by atoms with Crippen LogP contribution in [0.3, 0.4) is 0 Å². The molecule has 0 aliphatic carbocycles. The molecule has 0 saturated heterocycles. The lowest BCUT2D eigenvalue weighted by molar-refractivity contribution is 0.0954. The Bertz CT molecular complexity index is 1260. The van der Waals surface area contributed by atoms with Crippen LogP contribution in [0.1, 0.15) is 63.7 Å². The molecule has 0 radical (unpaired) electrons. The highest BCUT2D eigenvalue weighted by atomic mass is 32.2. The lowest BCUT2D eigenvalue weighted by atomic mass is 10.0. The molecule has 1 aliphatic rings. The Morgan fingerprint density at radius 1 is 1.21 bits per heavy atom. The Labute approximate surface area is 206 Å². The van der Waals surface area contributed by atoms with E-state index in [0.717, 1.165) is 13.1 Å². The summed E-state index contributed by atoms with van der Waals surface area (Å²) in [6.45, 7) is 10.1. The van der Waals surface area contributed by atoms with Crippen LogP contribution in [0.4, 0.5) is 0 Å². The van der Waals surface area contributed by atoms with E-state index in [0.29, 0.717) is 16.5 Å². The third-order valence-electron chi connectivity index (χ3n) is 6.21. The molecule has 3 aromatic rings. The minimum absolute atomic E-state index is 0.0353. The zero-order valence-electron chi connectivity index (χ0n) is 20.0. The van der Waals surface area contributed by atoms with Gasteiger partial charge < -0.3 is 5.32 Å². The van der Waals surface area contributed by atoms with Crippen molar-refractivity contribution in [1.29, 1.82) is 0 Å². The first kappa shape index (κ1) is 24.6. The minimum Gasteiger partial charge on any atom is -0.346 e. The lowest BCUT2D eigenvalue weighted by Gasteiger charge is -2.28. The third-order valence-corrected chi connectivity index (χ3v) is 9.17. The number of benzene rings is 1. The van der Waals surface area contributed by atoms with Crippen LogP contribution in [0.5, 0.6) is 0 Å². The number of hydrogen-bond acceptors (Lipinski definition) is 6. The molecule has 6 nitrogen and oxygen atoms in total. The van der Waals surface area contributed by atoms with Crippen LogP contribution in [-0.2, 0) is 29.5 Å². The van der Waals surface area contributed by atoms with Crippen LogP contribution in [0.15, 0.2) is 53.6 Å². The summed E-state index contributed by atoms with van der Waals surface area (Å²) in [6, 6.07) is 14.2. The van der Waals surface area contributed by atoms with Crippen LogP contribution < -0.4 is 5.32 Å². The third kappa shape index (κ3) is 5.24. The van der Waals surface area contributed by atoms with E-state index in [1.54, 1.807) is 30.4 Å². The van der Waals surface area contributed by atoms with Crippen LogP contribution >= 0.6 is 11.3 Å². The van der Waals surface area contributed by atoms with Gasteiger partial charge in [-0.05, 0) is 42.2 Å². The maximum absolute atomic E-state index is 12.8. The molecule has 180 valence electrons. The smallest absolute Gasteiger partial charge is 0.261 e. The lowest BCUT2D eigenvalue weighted by Crippen LogP contribution is -2.26. The molecule has 1 amide bonds. The number of nitrogens with zero attached hydrogens (tertiary/aromatic N) is 2. The molecule has 0 saturated carbocycles. The summed E-state index contributed by atoms with van der Waals surface area (Å²) >= 11 is 1.57. The summed E-state index contributed by atoms with van der Waals surface area (Å²) in [6.07, 6.45) is 1.36. The van der Waals surface area contributed by atoms with Gasteiger partial charge in [0.2, 0.25) is 0 Å². The van der Waals surface area contributed by atoms with Gasteiger partial charge in [-0.3, -0.25) is 14.7 Å². The van der Waals surface area contributed by atoms with Gasteiger partial charge in [0.1, 0.15) is 0 Å². The number of nitrogens with one attached hydrogen (secondary N) is 1. The number of thiophene rings is 1. The van der Waals surface area contributed by atoms with Gasteiger partial charge in [0.25, 0.3) is 5.91 Å². The van der Waals surface area contributed by atoms with Gasteiger partial charge in [-0.1, -0.05) is 50.6 Å². The predicted molar refractivity (Wildman–Crippen MR) is 135 cm³/mol. The average Bonchev–Trinajstić information content (AvgIpc) is 3.36. The molecule has 1 atom stereocenters. The number of hydrogen-bond donors (Lipinski definition) is 1. The first-order valence-corrected chi connectivity index (χ1v) is 14.0. The molecule has 1 aromatic carbocycles. The van der Waals surface area contributed by atoms with Crippen molar-refractivity contribution in [1.82, 2.24) is 15.2 Å². The summed E-state index contributed by atoms with van der Waals surface area (Å²) in [5.41, 5.74) is 4.41. The van der Waals surface area contributed by atoms with E-state index < -0.39 is 9.84 Å². The molecule has 0 unspecified atom stereocenters. The minimum atomic E-state index is -3.28. The number of rotatable bonds is 8. The monoisotopic (exact) mass is 497 g/mol. The van der Waals surface area contributed by atoms with Gasteiger partial charge in [-0.2, -0.15) is 0 Å². The van der Waals surface area contributed by atoms with E-state index in [-0.39, 0.29) is 29.1 Å². The van der Waals surface area contributed by atoms with Crippen molar-refractivity contribution in [3.63, 3.8) is 0 Å². The Kier molecular flexibility index (Phi) is 7.21. The Hall–Kier alpha value is -2.55. The molecule has 3 heterocycles. The molecular formula is C26H31N3O3S2. The molecule has 0 fully saturated rings. The molecule has 8 heteroatoms. The maximum Gasteiger partial charge on any atom is 0.261 e. The van der Waals surface area contributed by atoms with Crippen LogP contribution in [0.2, 0.25) is 0 Å². The molecule has 0 bridgehead atoms. The number of carbonyl (C=O) groups excluding carboxylic acids is 1. The Balaban J connectivity index is 1.42. The first-order chi connectivity index (χ1) is 16.2. The molecule has 0 spiro atoms. The second-order valence-electron chi connectivity index (χ2n) is 9.15. The molecule has 34 heavy (non-hydrogen) atoms. The number of fused-ring (bicyclic) bond motifs is 1. The van der Waals surface area contributed by atoms with E-state index in [1.165, 1.54) is 27.8 Å². The number of sulfone groups is 1. The average molecular weight is 498 g/mol. The van der Waals surface area contributed by atoms with Gasteiger partial charge in [0.05, 0.1) is 27.8 Å². The van der Waals surface area contributed by atoms with Crippen molar-refractivity contribution < 1.29 is 13.2 Å². The molecule has 1 aliphatic heterocycles. The fourth-order valence-corrected chi connectivity index (χ4v) is 6.56. The quantitative estimate of drug-likeness (QED) is 0.479. The summed E-state index contributed by atoms with van der Waals surface area (Å²) in [7, 11) is -3.28. The van der Waals surface area contributed by atoms with Gasteiger partial charge in [-0.15, -0.1) is 11.3 Å². The standard InChI is InChI=1S/C26H31N3O3S2/c1-5-34(31,32)22-11-10-21(27-14-22)13-28-26(30)23-12-20-16-29(24(17(2)3)25(20)33-23)15-19-8-6-18(4)7-9-19/h6-12,14,17,24H,5,13,15-16H2,1-4H3,(H,28,30)/t24-/m0/s1. The van der Waals surface area contributed by atoms with Crippen molar-refractivity contribution >= 4 is 27.1 Å². The highest BCUT2D eigenvalue weighted by molar-refractivity contribution is 7.91. The van der Waals surface area contributed by atoms with E-state index in [2.05, 4.69) is 60.2 Å². The number of aryl methyl sites for hydroxylation is 1. The maximum atomic E-state index is 12.8. The zero-order chi connectivity index (χ0) is 24.5. The molecule has 2 aromatic heterocycles. The van der Waals surface area contributed by atoms with Crippen molar-refractivity contribution in [2.24, 2.45) is 5.92 Å². The van der Waals surface area contributed by atoms with Gasteiger partial charge in [0.15, 0.2) is 9.84 Å². The summed E-state index contributed by atoms with van der Waals surface area (Å²) in [5, 5.41) is 2.92. The Morgan fingerprint density at radius 2 is 1.94 bits per heavy atom. The highest BCUT2D eigenvalue weighted by Gasteiger charge is 2.35. The topological polar surface area (TPSA) is 79.4 Å². The molecular weight excluding hydrogens is 466 g/mol. The number of pyridine rings is 1. The summed E-state index contributed by atoms with van der Waals surface area (Å²) in [4.78, 5) is 21.7. The van der Waals surface area contributed by atoms with Crippen molar-refractivity contribution in [3.05, 3.63) is 80.8 Å². The second-order valence-corrected chi connectivity index (χ2v) is 12.5. The summed E-state index contributed by atoms with van der Waals surface area (Å²) < 4.78 is 23.9. The SMILES string of the molecule is CCS(=O)(=O)c1ccc(CNC(=O)c2cc3c(s2)[C@H](C(C)C)N(Cc2ccc(C)cc2)C3)nc1. The van der Waals surface area contributed by atoms with E-state index in [9.17, 15) is 13.2 Å². The largest absolute Gasteiger partial charge is 0.346 e. The fourth-order valence-electron chi connectivity index (χ4n) is 4.34. The van der Waals surface area contributed by atoms with E-state index >= 15 is 0 Å². The normalized spacial score (nSPS) is 16.1. The predicted octanol–water partition coefficient (Wildman–Crippen LogP) is 4.89. The van der Waals surface area contributed by atoms with Crippen molar-refractivity contribution in [2.45, 2.75) is 58.3 Å². The molecule has 1 N–H and O–H groups in total. The van der Waals surface area contributed by atoms with Gasteiger partial charge in [0, 0.05) is 30.2 Å². The summed E-state index contributed by atoms with van der Waals surface area (Å²) in [5.74, 6) is 0.343. The first-order valence-electron chi connectivity index (χ1n) is 11.6.